The molecular formula is C26H30N2O5. The summed E-state index contributed by atoms with van der Waals surface area (Å²) in [5, 5.41) is 14.7. The van der Waals surface area contributed by atoms with Gasteiger partial charge in [0.1, 0.15) is 12.6 Å². The van der Waals surface area contributed by atoms with Crippen LogP contribution in [0, 0.1) is 5.41 Å². The standard InChI is InChI=1S/C26H30N2O5/c1-2-8-22(23(29)30)28-24(31)26(13-7-14-26)16-27-25(32)33-15-21-19-11-5-3-9-17(19)18-10-4-6-12-20(18)21/h3-6,9-12,21-22H,2,7-8,13-16H2,1H3,(H,27,32)(H,28,31)(H,29,30)/t22-/m0/s1. The Labute approximate surface area is 193 Å². The van der Waals surface area contributed by atoms with Crippen molar-refractivity contribution in [2.24, 2.45) is 5.41 Å². The van der Waals surface area contributed by atoms with Crippen LogP contribution in [0.4, 0.5) is 4.79 Å². The van der Waals surface area contributed by atoms with E-state index in [1.54, 1.807) is 0 Å². The Balaban J connectivity index is 1.35. The molecule has 1 fully saturated rings. The van der Waals surface area contributed by atoms with Crippen LogP contribution in [0.3, 0.4) is 0 Å². The summed E-state index contributed by atoms with van der Waals surface area (Å²) in [4.78, 5) is 36.7. The first-order chi connectivity index (χ1) is 15.9. The van der Waals surface area contributed by atoms with E-state index >= 15 is 0 Å². The molecule has 0 aromatic heterocycles. The maximum Gasteiger partial charge on any atom is 0.407 e. The van der Waals surface area contributed by atoms with Crippen molar-refractivity contribution >= 4 is 18.0 Å². The van der Waals surface area contributed by atoms with Gasteiger partial charge in [-0.3, -0.25) is 4.79 Å². The first kappa shape index (κ1) is 22.8. The van der Waals surface area contributed by atoms with E-state index in [2.05, 4.69) is 34.9 Å². The van der Waals surface area contributed by atoms with Gasteiger partial charge in [-0.2, -0.15) is 0 Å². The summed E-state index contributed by atoms with van der Waals surface area (Å²) < 4.78 is 5.57. The minimum atomic E-state index is -1.04. The molecule has 2 aromatic carbocycles. The fourth-order valence-corrected chi connectivity index (χ4v) is 4.84. The van der Waals surface area contributed by atoms with E-state index in [4.69, 9.17) is 4.74 Å². The average molecular weight is 451 g/mol. The van der Waals surface area contributed by atoms with E-state index in [0.29, 0.717) is 25.7 Å². The van der Waals surface area contributed by atoms with Crippen molar-refractivity contribution in [2.75, 3.05) is 13.2 Å². The number of benzene rings is 2. The largest absolute Gasteiger partial charge is 0.480 e. The van der Waals surface area contributed by atoms with Crippen LogP contribution >= 0.6 is 0 Å². The van der Waals surface area contributed by atoms with Crippen molar-refractivity contribution in [3.05, 3.63) is 59.7 Å². The molecule has 0 unspecified atom stereocenters. The lowest BCUT2D eigenvalue weighted by Crippen LogP contribution is -2.55. The molecule has 0 saturated heterocycles. The highest BCUT2D eigenvalue weighted by Gasteiger charge is 2.45. The molecule has 33 heavy (non-hydrogen) atoms. The maximum atomic E-state index is 12.8. The molecule has 0 spiro atoms. The molecule has 7 nitrogen and oxygen atoms in total. The summed E-state index contributed by atoms with van der Waals surface area (Å²) in [7, 11) is 0. The van der Waals surface area contributed by atoms with Crippen molar-refractivity contribution in [1.82, 2.24) is 10.6 Å². The fraction of sp³-hybridized carbons (Fsp3) is 0.423. The molecule has 3 N–H and O–H groups in total. The second kappa shape index (κ2) is 9.65. The van der Waals surface area contributed by atoms with Gasteiger partial charge in [-0.05, 0) is 41.5 Å². The number of carboxylic acid groups (broad SMARTS) is 1. The molecule has 4 rings (SSSR count). The number of ether oxygens (including phenoxy) is 1. The Morgan fingerprint density at radius 1 is 1.06 bits per heavy atom. The highest BCUT2D eigenvalue weighted by molar-refractivity contribution is 5.88. The summed E-state index contributed by atoms with van der Waals surface area (Å²) >= 11 is 0. The number of fused-ring (bicyclic) bond motifs is 3. The molecule has 2 aliphatic carbocycles. The fourth-order valence-electron chi connectivity index (χ4n) is 4.84. The lowest BCUT2D eigenvalue weighted by molar-refractivity contribution is -0.145. The second-order valence-corrected chi connectivity index (χ2v) is 8.97. The smallest absolute Gasteiger partial charge is 0.407 e. The van der Waals surface area contributed by atoms with E-state index in [0.717, 1.165) is 28.7 Å². The molecule has 1 atom stereocenters. The molecule has 7 heteroatoms. The van der Waals surface area contributed by atoms with Gasteiger partial charge in [-0.15, -0.1) is 0 Å². The molecule has 174 valence electrons. The molecular weight excluding hydrogens is 420 g/mol. The SMILES string of the molecule is CCC[C@H](NC(=O)C1(CNC(=O)OCC2c3ccccc3-c3ccccc32)CCC1)C(=O)O. The molecule has 0 aliphatic heterocycles. The number of rotatable bonds is 9. The monoisotopic (exact) mass is 450 g/mol. The molecule has 0 heterocycles. The van der Waals surface area contributed by atoms with Gasteiger partial charge in [0.05, 0.1) is 5.41 Å². The maximum absolute atomic E-state index is 12.8. The van der Waals surface area contributed by atoms with E-state index in [9.17, 15) is 19.5 Å². The van der Waals surface area contributed by atoms with Gasteiger partial charge in [-0.25, -0.2) is 9.59 Å². The number of hydrogen-bond donors (Lipinski definition) is 3. The van der Waals surface area contributed by atoms with Crippen molar-refractivity contribution in [3.8, 4) is 11.1 Å². The Bertz CT molecular complexity index is 1000. The molecule has 2 aliphatic rings. The first-order valence-electron chi connectivity index (χ1n) is 11.6. The van der Waals surface area contributed by atoms with Crippen molar-refractivity contribution in [3.63, 3.8) is 0 Å². The van der Waals surface area contributed by atoms with Crippen molar-refractivity contribution in [2.45, 2.75) is 51.0 Å². The Hall–Kier alpha value is -3.35. The third-order valence-electron chi connectivity index (χ3n) is 6.89. The van der Waals surface area contributed by atoms with Crippen LogP contribution in [0.1, 0.15) is 56.1 Å². The van der Waals surface area contributed by atoms with Gasteiger partial charge in [0.25, 0.3) is 0 Å². The van der Waals surface area contributed by atoms with Crippen LogP contribution in [0.15, 0.2) is 48.5 Å². The van der Waals surface area contributed by atoms with E-state index in [1.807, 2.05) is 31.2 Å². The van der Waals surface area contributed by atoms with Gasteiger partial charge in [0, 0.05) is 12.5 Å². The predicted molar refractivity (Wildman–Crippen MR) is 124 cm³/mol. The molecule has 0 bridgehead atoms. The van der Waals surface area contributed by atoms with Crippen LogP contribution in [0.2, 0.25) is 0 Å². The van der Waals surface area contributed by atoms with Crippen molar-refractivity contribution in [1.29, 1.82) is 0 Å². The van der Waals surface area contributed by atoms with Crippen molar-refractivity contribution < 1.29 is 24.2 Å². The summed E-state index contributed by atoms with van der Waals surface area (Å²) in [6.07, 6.45) is 2.55. The molecule has 1 saturated carbocycles. The van der Waals surface area contributed by atoms with Crippen LogP contribution < -0.4 is 10.6 Å². The number of nitrogens with one attached hydrogen (secondary N) is 2. The normalized spacial score (nSPS) is 16.6. The number of hydrogen-bond acceptors (Lipinski definition) is 4. The third kappa shape index (κ3) is 4.58. The Kier molecular flexibility index (Phi) is 6.67. The van der Waals surface area contributed by atoms with E-state index in [-0.39, 0.29) is 25.0 Å². The number of carbonyl (C=O) groups is 3. The lowest BCUT2D eigenvalue weighted by atomic mass is 9.68. The quantitative estimate of drug-likeness (QED) is 0.534. The van der Waals surface area contributed by atoms with E-state index < -0.39 is 23.5 Å². The lowest BCUT2D eigenvalue weighted by Gasteiger charge is -2.40. The van der Waals surface area contributed by atoms with Crippen LogP contribution in [0.5, 0.6) is 0 Å². The predicted octanol–water partition coefficient (Wildman–Crippen LogP) is 4.06. The molecule has 2 aromatic rings. The topological polar surface area (TPSA) is 105 Å². The van der Waals surface area contributed by atoms with Crippen LogP contribution in [0.25, 0.3) is 11.1 Å². The summed E-state index contributed by atoms with van der Waals surface area (Å²) in [6.45, 7) is 2.21. The van der Waals surface area contributed by atoms with Crippen LogP contribution in [-0.2, 0) is 14.3 Å². The Morgan fingerprint density at radius 2 is 1.67 bits per heavy atom. The van der Waals surface area contributed by atoms with Gasteiger partial charge in [0.2, 0.25) is 5.91 Å². The number of aliphatic carboxylic acids is 1. The summed E-state index contributed by atoms with van der Waals surface area (Å²) in [6, 6.07) is 15.4. The zero-order chi connectivity index (χ0) is 23.4. The van der Waals surface area contributed by atoms with Gasteiger partial charge >= 0.3 is 12.1 Å². The number of amides is 2. The summed E-state index contributed by atoms with van der Waals surface area (Å²) in [5.74, 6) is -1.38. The number of carbonyl (C=O) groups excluding carboxylic acids is 2. The highest BCUT2D eigenvalue weighted by atomic mass is 16.5. The van der Waals surface area contributed by atoms with Gasteiger partial charge < -0.3 is 20.5 Å². The third-order valence-corrected chi connectivity index (χ3v) is 6.89. The molecule has 0 radical (unpaired) electrons. The first-order valence-corrected chi connectivity index (χ1v) is 11.6. The van der Waals surface area contributed by atoms with Gasteiger partial charge in [-0.1, -0.05) is 68.3 Å². The number of alkyl carbamates (subject to hydrolysis) is 1. The average Bonchev–Trinajstić information content (AvgIpc) is 3.10. The summed E-state index contributed by atoms with van der Waals surface area (Å²) in [5.41, 5.74) is 3.82. The van der Waals surface area contributed by atoms with Crippen LogP contribution in [-0.4, -0.2) is 42.3 Å². The number of carboxylic acids is 1. The zero-order valence-electron chi connectivity index (χ0n) is 18.8. The second-order valence-electron chi connectivity index (χ2n) is 8.97. The minimum Gasteiger partial charge on any atom is -0.480 e. The minimum absolute atomic E-state index is 0.0329. The van der Waals surface area contributed by atoms with E-state index in [1.165, 1.54) is 0 Å². The van der Waals surface area contributed by atoms with Gasteiger partial charge in [0.15, 0.2) is 0 Å². The Morgan fingerprint density at radius 3 is 2.18 bits per heavy atom. The highest BCUT2D eigenvalue weighted by Crippen LogP contribution is 2.44. The molecule has 2 amide bonds. The zero-order valence-corrected chi connectivity index (χ0v) is 18.8.